The molecule has 3 saturated heterocycles. The fourth-order valence-corrected chi connectivity index (χ4v) is 5.96. The van der Waals surface area contributed by atoms with Crippen molar-refractivity contribution in [2.45, 2.75) is 50.6 Å². The number of hydrogen-bond donors (Lipinski definition) is 1. The third kappa shape index (κ3) is 4.22. The van der Waals surface area contributed by atoms with E-state index in [9.17, 15) is 4.79 Å². The Labute approximate surface area is 206 Å². The molecule has 4 fully saturated rings. The number of rotatable bonds is 5. The average molecular weight is 475 g/mol. The SMILES string of the molecule is CN(C)C(=O)c1cc2cnc(Nc3ccc(N4CCN5CCC4CC5)cn3)nc2n1C1CCCC1. The van der Waals surface area contributed by atoms with E-state index in [2.05, 4.69) is 35.7 Å². The third-order valence-corrected chi connectivity index (χ3v) is 7.87. The van der Waals surface area contributed by atoms with E-state index in [1.165, 1.54) is 44.5 Å². The molecule has 6 heterocycles. The van der Waals surface area contributed by atoms with Gasteiger partial charge in [0.2, 0.25) is 5.95 Å². The Balaban J connectivity index is 1.27. The maximum Gasteiger partial charge on any atom is 0.270 e. The van der Waals surface area contributed by atoms with Crippen LogP contribution in [0.3, 0.4) is 0 Å². The molecule has 0 radical (unpaired) electrons. The summed E-state index contributed by atoms with van der Waals surface area (Å²) in [6.07, 6.45) is 10.7. The van der Waals surface area contributed by atoms with E-state index in [0.29, 0.717) is 23.7 Å². The Morgan fingerprint density at radius 1 is 0.971 bits per heavy atom. The highest BCUT2D eigenvalue weighted by Gasteiger charge is 2.29. The van der Waals surface area contributed by atoms with Gasteiger partial charge in [0.25, 0.3) is 5.91 Å². The predicted molar refractivity (Wildman–Crippen MR) is 137 cm³/mol. The van der Waals surface area contributed by atoms with Crippen LogP contribution < -0.4 is 10.2 Å². The fraction of sp³-hybridized carbons (Fsp3) is 0.538. The topological polar surface area (TPSA) is 82.4 Å². The lowest BCUT2D eigenvalue weighted by molar-refractivity contribution is 0.0815. The minimum Gasteiger partial charge on any atom is -0.366 e. The van der Waals surface area contributed by atoms with Gasteiger partial charge in [0.1, 0.15) is 17.2 Å². The van der Waals surface area contributed by atoms with Gasteiger partial charge in [-0.25, -0.2) is 9.97 Å². The molecule has 3 aromatic heterocycles. The summed E-state index contributed by atoms with van der Waals surface area (Å²) >= 11 is 0. The molecule has 9 nitrogen and oxygen atoms in total. The Morgan fingerprint density at radius 3 is 2.49 bits per heavy atom. The molecule has 9 heteroatoms. The van der Waals surface area contributed by atoms with Gasteiger partial charge in [-0.2, -0.15) is 4.98 Å². The third-order valence-electron chi connectivity index (χ3n) is 7.87. The first kappa shape index (κ1) is 22.3. The van der Waals surface area contributed by atoms with Crippen LogP contribution in [0.15, 0.2) is 30.6 Å². The van der Waals surface area contributed by atoms with Crippen LogP contribution in [-0.4, -0.2) is 81.5 Å². The van der Waals surface area contributed by atoms with Crippen molar-refractivity contribution in [3.63, 3.8) is 0 Å². The minimum atomic E-state index is 0.000519. The van der Waals surface area contributed by atoms with Crippen molar-refractivity contribution in [1.29, 1.82) is 0 Å². The second kappa shape index (κ2) is 9.11. The van der Waals surface area contributed by atoms with Crippen molar-refractivity contribution in [3.05, 3.63) is 36.3 Å². The molecule has 0 atom stereocenters. The summed E-state index contributed by atoms with van der Waals surface area (Å²) in [7, 11) is 3.59. The van der Waals surface area contributed by atoms with Gasteiger partial charge < -0.3 is 24.6 Å². The number of carbonyl (C=O) groups is 1. The van der Waals surface area contributed by atoms with E-state index in [-0.39, 0.29) is 5.91 Å². The van der Waals surface area contributed by atoms with Crippen molar-refractivity contribution in [1.82, 2.24) is 29.3 Å². The van der Waals surface area contributed by atoms with Crippen LogP contribution in [0.4, 0.5) is 17.5 Å². The largest absolute Gasteiger partial charge is 0.366 e. The van der Waals surface area contributed by atoms with Gasteiger partial charge in [-0.3, -0.25) is 4.79 Å². The molecule has 0 aromatic carbocycles. The Morgan fingerprint density at radius 2 is 1.77 bits per heavy atom. The Hall–Kier alpha value is -3.20. The van der Waals surface area contributed by atoms with Gasteiger partial charge in [-0.15, -0.1) is 0 Å². The van der Waals surface area contributed by atoms with Crippen LogP contribution >= 0.6 is 0 Å². The quantitative estimate of drug-likeness (QED) is 0.604. The molecule has 1 aliphatic carbocycles. The molecule has 1 saturated carbocycles. The summed E-state index contributed by atoms with van der Waals surface area (Å²) in [5, 5.41) is 4.17. The number of aromatic nitrogens is 4. The second-order valence-electron chi connectivity index (χ2n) is 10.3. The number of nitrogens with zero attached hydrogens (tertiary/aromatic N) is 7. The summed E-state index contributed by atoms with van der Waals surface area (Å²) in [5.74, 6) is 1.22. The van der Waals surface area contributed by atoms with Crippen molar-refractivity contribution in [2.75, 3.05) is 50.5 Å². The molecule has 3 aliphatic heterocycles. The number of fused-ring (bicyclic) bond motifs is 5. The molecule has 1 N–H and O–H groups in total. The maximum absolute atomic E-state index is 12.9. The number of pyridine rings is 1. The normalized spacial score (nSPS) is 22.5. The highest BCUT2D eigenvalue weighted by atomic mass is 16.2. The number of amides is 1. The highest BCUT2D eigenvalue weighted by molar-refractivity contribution is 5.97. The summed E-state index contributed by atoms with van der Waals surface area (Å²) in [6.45, 7) is 4.60. The van der Waals surface area contributed by atoms with Crippen LogP contribution in [0.2, 0.25) is 0 Å². The first-order valence-corrected chi connectivity index (χ1v) is 12.9. The number of carbonyl (C=O) groups excluding carboxylic acids is 1. The maximum atomic E-state index is 12.9. The summed E-state index contributed by atoms with van der Waals surface area (Å²) in [5.41, 5.74) is 2.68. The molecule has 2 bridgehead atoms. The van der Waals surface area contributed by atoms with E-state index in [4.69, 9.17) is 4.98 Å². The molecule has 7 rings (SSSR count). The zero-order valence-corrected chi connectivity index (χ0v) is 20.7. The first-order valence-electron chi connectivity index (χ1n) is 12.9. The molecule has 184 valence electrons. The van der Waals surface area contributed by atoms with Crippen LogP contribution in [0.1, 0.15) is 55.1 Å². The van der Waals surface area contributed by atoms with Crippen LogP contribution in [-0.2, 0) is 0 Å². The zero-order valence-electron chi connectivity index (χ0n) is 20.7. The zero-order chi connectivity index (χ0) is 23.9. The first-order chi connectivity index (χ1) is 17.1. The standard InChI is InChI=1S/C26H34N8O/c1-31(2)25(35)22-15-18-16-28-26(30-24(18)34(22)20-5-3-4-6-20)29-23-8-7-21(17-27-23)33-14-13-32-11-9-19(33)10-12-32/h7-8,15-17,19-20H,3-6,9-14H2,1-2H3,(H,27,28,29,30). The summed E-state index contributed by atoms with van der Waals surface area (Å²) in [6, 6.07) is 7.00. The van der Waals surface area contributed by atoms with E-state index in [1.54, 1.807) is 25.2 Å². The van der Waals surface area contributed by atoms with Crippen LogP contribution in [0.25, 0.3) is 11.0 Å². The van der Waals surface area contributed by atoms with Gasteiger partial charge in [0.15, 0.2) is 0 Å². The van der Waals surface area contributed by atoms with Crippen molar-refractivity contribution in [3.8, 4) is 0 Å². The van der Waals surface area contributed by atoms with E-state index >= 15 is 0 Å². The molecule has 3 aromatic rings. The molecule has 4 aliphatic rings. The molecule has 0 unspecified atom stereocenters. The lowest BCUT2D eigenvalue weighted by atomic mass is 10.0. The van der Waals surface area contributed by atoms with Crippen LogP contribution in [0.5, 0.6) is 0 Å². The lowest BCUT2D eigenvalue weighted by Crippen LogP contribution is -2.37. The van der Waals surface area contributed by atoms with E-state index in [1.807, 2.05) is 18.3 Å². The summed E-state index contributed by atoms with van der Waals surface area (Å²) < 4.78 is 2.14. The number of hydrogen-bond acceptors (Lipinski definition) is 7. The number of nitrogens with one attached hydrogen (secondary N) is 1. The highest BCUT2D eigenvalue weighted by Crippen LogP contribution is 2.35. The van der Waals surface area contributed by atoms with Crippen molar-refractivity contribution >= 4 is 34.4 Å². The minimum absolute atomic E-state index is 0.000519. The predicted octanol–water partition coefficient (Wildman–Crippen LogP) is 3.67. The van der Waals surface area contributed by atoms with Gasteiger partial charge in [0.05, 0.1) is 11.9 Å². The van der Waals surface area contributed by atoms with Gasteiger partial charge in [-0.1, -0.05) is 12.8 Å². The molecule has 0 spiro atoms. The average Bonchev–Trinajstić information content (AvgIpc) is 3.42. The fourth-order valence-electron chi connectivity index (χ4n) is 5.96. The van der Waals surface area contributed by atoms with Gasteiger partial charge in [-0.05, 0) is 43.9 Å². The second-order valence-corrected chi connectivity index (χ2v) is 10.3. The molecular weight excluding hydrogens is 440 g/mol. The number of anilines is 3. The monoisotopic (exact) mass is 474 g/mol. The molecule has 35 heavy (non-hydrogen) atoms. The van der Waals surface area contributed by atoms with Gasteiger partial charge in [0, 0.05) is 63.9 Å². The number of piperidine rings is 1. The van der Waals surface area contributed by atoms with Crippen molar-refractivity contribution < 1.29 is 4.79 Å². The smallest absolute Gasteiger partial charge is 0.270 e. The van der Waals surface area contributed by atoms with Gasteiger partial charge >= 0.3 is 0 Å². The van der Waals surface area contributed by atoms with Crippen LogP contribution in [0, 0.1) is 0 Å². The molecule has 1 amide bonds. The summed E-state index contributed by atoms with van der Waals surface area (Å²) in [4.78, 5) is 33.7. The Kier molecular flexibility index (Phi) is 5.80. The molecular formula is C26H34N8O. The van der Waals surface area contributed by atoms with E-state index in [0.717, 1.165) is 42.8 Å². The van der Waals surface area contributed by atoms with E-state index < -0.39 is 0 Å². The lowest BCUT2D eigenvalue weighted by Gasteiger charge is -2.32. The van der Waals surface area contributed by atoms with Crippen molar-refractivity contribution in [2.24, 2.45) is 0 Å². The Bertz CT molecular complexity index is 1210.